The molecule has 82 valence electrons. The molecule has 0 aliphatic heterocycles. The van der Waals surface area contributed by atoms with E-state index in [1.54, 1.807) is 0 Å². The van der Waals surface area contributed by atoms with E-state index >= 15 is 0 Å². The first kappa shape index (κ1) is 13.1. The number of unbranched alkanes of at least 4 members (excludes halogenated alkanes) is 2. The van der Waals surface area contributed by atoms with Crippen LogP contribution in [-0.2, 0) is 0 Å². The third kappa shape index (κ3) is 4.97. The quantitative estimate of drug-likeness (QED) is 0.283. The highest BCUT2D eigenvalue weighted by Crippen LogP contribution is 2.11. The van der Waals surface area contributed by atoms with Gasteiger partial charge in [-0.3, -0.25) is 10.1 Å². The van der Waals surface area contributed by atoms with Crippen LogP contribution in [0.1, 0.15) is 39.0 Å². The summed E-state index contributed by atoms with van der Waals surface area (Å²) >= 11 is 0. The van der Waals surface area contributed by atoms with E-state index in [1.807, 2.05) is 0 Å². The molecule has 1 N–H and O–H groups in total. The van der Waals surface area contributed by atoms with Gasteiger partial charge in [0.2, 0.25) is 6.04 Å². The maximum absolute atomic E-state index is 10.6. The standard InChI is InChI=1S/C10H19NO3/c1-3-5-6-8-10(12)9(7-4-2)11(13)14/h4,9-10,12H,2-3,5-8H2,1H3/t9-,10-/m0/s1. The monoisotopic (exact) mass is 201 g/mol. The summed E-state index contributed by atoms with van der Waals surface area (Å²) in [6.45, 7) is 5.50. The molecule has 14 heavy (non-hydrogen) atoms. The maximum Gasteiger partial charge on any atom is 0.241 e. The van der Waals surface area contributed by atoms with Gasteiger partial charge in [0.15, 0.2) is 0 Å². The molecule has 0 aliphatic rings. The van der Waals surface area contributed by atoms with Crippen LogP contribution in [0.2, 0.25) is 0 Å². The first-order valence-corrected chi connectivity index (χ1v) is 5.05. The molecule has 0 aromatic carbocycles. The lowest BCUT2D eigenvalue weighted by Crippen LogP contribution is -2.33. The highest BCUT2D eigenvalue weighted by molar-refractivity contribution is 4.78. The number of aliphatic hydroxyl groups is 1. The molecule has 0 spiro atoms. The Morgan fingerprint density at radius 2 is 2.21 bits per heavy atom. The van der Waals surface area contributed by atoms with Crippen LogP contribution in [0, 0.1) is 10.1 Å². The number of nitrogens with zero attached hydrogens (tertiary/aromatic N) is 1. The summed E-state index contributed by atoms with van der Waals surface area (Å²) in [5.41, 5.74) is 0. The average molecular weight is 201 g/mol. The molecule has 0 aromatic rings. The van der Waals surface area contributed by atoms with Crippen LogP contribution in [0.15, 0.2) is 12.7 Å². The Bertz CT molecular complexity index is 182. The van der Waals surface area contributed by atoms with Crippen molar-refractivity contribution in [2.45, 2.75) is 51.2 Å². The second-order valence-electron chi connectivity index (χ2n) is 3.44. The number of nitro groups is 1. The minimum atomic E-state index is -0.885. The summed E-state index contributed by atoms with van der Waals surface area (Å²) in [6, 6.07) is -0.885. The normalized spacial score (nSPS) is 14.7. The topological polar surface area (TPSA) is 63.4 Å². The van der Waals surface area contributed by atoms with E-state index in [0.717, 1.165) is 19.3 Å². The van der Waals surface area contributed by atoms with Gasteiger partial charge in [0.25, 0.3) is 0 Å². The molecule has 0 rings (SSSR count). The fourth-order valence-corrected chi connectivity index (χ4v) is 1.35. The van der Waals surface area contributed by atoms with Gasteiger partial charge >= 0.3 is 0 Å². The molecule has 2 atom stereocenters. The largest absolute Gasteiger partial charge is 0.386 e. The highest BCUT2D eigenvalue weighted by Gasteiger charge is 2.27. The van der Waals surface area contributed by atoms with Crippen LogP contribution in [-0.4, -0.2) is 22.2 Å². The Balaban J connectivity index is 3.94. The van der Waals surface area contributed by atoms with Crippen LogP contribution < -0.4 is 0 Å². The Hall–Kier alpha value is -0.900. The molecule has 0 saturated carbocycles. The van der Waals surface area contributed by atoms with E-state index in [2.05, 4.69) is 13.5 Å². The lowest BCUT2D eigenvalue weighted by Gasteiger charge is -2.14. The summed E-state index contributed by atoms with van der Waals surface area (Å²) in [4.78, 5) is 10.1. The summed E-state index contributed by atoms with van der Waals surface area (Å²) in [5, 5.41) is 20.1. The summed E-state index contributed by atoms with van der Waals surface area (Å²) in [5.74, 6) is 0. The molecule has 0 amide bonds. The average Bonchev–Trinajstić information content (AvgIpc) is 2.13. The van der Waals surface area contributed by atoms with Gasteiger partial charge in [-0.1, -0.05) is 32.3 Å². The number of hydrogen-bond acceptors (Lipinski definition) is 3. The van der Waals surface area contributed by atoms with Crippen LogP contribution in [0.4, 0.5) is 0 Å². The van der Waals surface area contributed by atoms with Gasteiger partial charge in [-0.15, -0.1) is 6.58 Å². The van der Waals surface area contributed by atoms with Crippen molar-refractivity contribution in [3.8, 4) is 0 Å². The number of aliphatic hydroxyl groups excluding tert-OH is 1. The van der Waals surface area contributed by atoms with Crippen molar-refractivity contribution in [1.29, 1.82) is 0 Å². The molecule has 4 heteroatoms. The second-order valence-corrected chi connectivity index (χ2v) is 3.44. The third-order valence-electron chi connectivity index (χ3n) is 2.23. The highest BCUT2D eigenvalue weighted by atomic mass is 16.6. The van der Waals surface area contributed by atoms with Crippen molar-refractivity contribution in [3.63, 3.8) is 0 Å². The second kappa shape index (κ2) is 7.50. The Kier molecular flexibility index (Phi) is 7.02. The fraction of sp³-hybridized carbons (Fsp3) is 0.800. The van der Waals surface area contributed by atoms with Crippen LogP contribution in [0.3, 0.4) is 0 Å². The SMILES string of the molecule is C=CC[C@@H]([C@@H](O)CCCCC)[N+](=O)[O-]. The van der Waals surface area contributed by atoms with E-state index < -0.39 is 17.1 Å². The molecule has 0 heterocycles. The Morgan fingerprint density at radius 3 is 2.64 bits per heavy atom. The van der Waals surface area contributed by atoms with Gasteiger partial charge in [-0.2, -0.15) is 0 Å². The molecule has 0 radical (unpaired) electrons. The lowest BCUT2D eigenvalue weighted by atomic mass is 10.0. The Morgan fingerprint density at radius 1 is 1.57 bits per heavy atom. The van der Waals surface area contributed by atoms with E-state index in [9.17, 15) is 15.2 Å². The van der Waals surface area contributed by atoms with Crippen LogP contribution in [0.5, 0.6) is 0 Å². The van der Waals surface area contributed by atoms with Crippen molar-refractivity contribution >= 4 is 0 Å². The van der Waals surface area contributed by atoms with Crippen molar-refractivity contribution < 1.29 is 10.0 Å². The first-order chi connectivity index (χ1) is 6.63. The van der Waals surface area contributed by atoms with Gasteiger partial charge in [0.05, 0.1) is 0 Å². The first-order valence-electron chi connectivity index (χ1n) is 5.05. The van der Waals surface area contributed by atoms with Gasteiger partial charge < -0.3 is 5.11 Å². The van der Waals surface area contributed by atoms with Crippen LogP contribution >= 0.6 is 0 Å². The third-order valence-corrected chi connectivity index (χ3v) is 2.23. The number of rotatable bonds is 8. The molecule has 0 aliphatic carbocycles. The molecular weight excluding hydrogens is 182 g/mol. The lowest BCUT2D eigenvalue weighted by molar-refractivity contribution is -0.533. The zero-order valence-corrected chi connectivity index (χ0v) is 8.69. The van der Waals surface area contributed by atoms with E-state index in [4.69, 9.17) is 0 Å². The predicted octanol–water partition coefficient (Wildman–Crippen LogP) is 2.15. The molecule has 4 nitrogen and oxygen atoms in total. The predicted molar refractivity (Wildman–Crippen MR) is 55.7 cm³/mol. The minimum Gasteiger partial charge on any atom is -0.386 e. The molecule has 0 saturated heterocycles. The van der Waals surface area contributed by atoms with Crippen molar-refractivity contribution in [2.75, 3.05) is 0 Å². The summed E-state index contributed by atoms with van der Waals surface area (Å²) in [7, 11) is 0. The molecule has 0 aromatic heterocycles. The van der Waals surface area contributed by atoms with Crippen LogP contribution in [0.25, 0.3) is 0 Å². The van der Waals surface area contributed by atoms with Crippen molar-refractivity contribution in [1.82, 2.24) is 0 Å². The molecule has 0 fully saturated rings. The van der Waals surface area contributed by atoms with E-state index in [1.165, 1.54) is 6.08 Å². The molecule has 0 bridgehead atoms. The van der Waals surface area contributed by atoms with Gasteiger partial charge in [0.1, 0.15) is 6.10 Å². The molecule has 0 unspecified atom stereocenters. The minimum absolute atomic E-state index is 0.236. The van der Waals surface area contributed by atoms with Gasteiger partial charge in [0, 0.05) is 11.3 Å². The fourth-order valence-electron chi connectivity index (χ4n) is 1.35. The van der Waals surface area contributed by atoms with Crippen molar-refractivity contribution in [3.05, 3.63) is 22.8 Å². The maximum atomic E-state index is 10.6. The van der Waals surface area contributed by atoms with E-state index in [0.29, 0.717) is 6.42 Å². The molecular formula is C10H19NO3. The zero-order chi connectivity index (χ0) is 11.0. The van der Waals surface area contributed by atoms with Crippen molar-refractivity contribution in [2.24, 2.45) is 0 Å². The smallest absolute Gasteiger partial charge is 0.241 e. The van der Waals surface area contributed by atoms with Gasteiger partial charge in [-0.25, -0.2) is 0 Å². The van der Waals surface area contributed by atoms with Gasteiger partial charge in [-0.05, 0) is 6.42 Å². The van der Waals surface area contributed by atoms with E-state index in [-0.39, 0.29) is 6.42 Å². The Labute approximate surface area is 84.8 Å². The number of hydrogen-bond donors (Lipinski definition) is 1. The zero-order valence-electron chi connectivity index (χ0n) is 8.69. The summed E-state index contributed by atoms with van der Waals surface area (Å²) < 4.78 is 0. The summed E-state index contributed by atoms with van der Waals surface area (Å²) in [6.07, 6.45) is 4.30.